The van der Waals surface area contributed by atoms with E-state index in [1.165, 1.54) is 6.07 Å². The summed E-state index contributed by atoms with van der Waals surface area (Å²) in [6.45, 7) is 0. The molecule has 3 N–H and O–H groups in total. The molecule has 0 spiro atoms. The van der Waals surface area contributed by atoms with Crippen molar-refractivity contribution in [3.8, 4) is 5.75 Å². The zero-order valence-corrected chi connectivity index (χ0v) is 10.4. The lowest BCUT2D eigenvalue weighted by Crippen LogP contribution is -2.35. The Kier molecular flexibility index (Phi) is 3.87. The molecule has 18 heavy (non-hydrogen) atoms. The molecule has 4 heteroatoms. The van der Waals surface area contributed by atoms with E-state index in [2.05, 4.69) is 5.32 Å². The molecule has 1 fully saturated rings. The fourth-order valence-corrected chi connectivity index (χ4v) is 2.46. The van der Waals surface area contributed by atoms with E-state index < -0.39 is 5.60 Å². The number of aliphatic hydroxyl groups is 1. The van der Waals surface area contributed by atoms with Gasteiger partial charge in [0.1, 0.15) is 5.75 Å². The van der Waals surface area contributed by atoms with Crippen LogP contribution >= 0.6 is 0 Å². The summed E-state index contributed by atoms with van der Waals surface area (Å²) in [6, 6.07) is 6.59. The van der Waals surface area contributed by atoms with Gasteiger partial charge in [-0.1, -0.05) is 31.4 Å². The normalized spacial score (nSPS) is 18.3. The molecule has 0 radical (unpaired) electrons. The van der Waals surface area contributed by atoms with E-state index in [1.54, 1.807) is 18.2 Å². The zero-order chi connectivity index (χ0) is 13.0. The number of aromatic hydroxyl groups is 1. The van der Waals surface area contributed by atoms with E-state index in [1.807, 2.05) is 0 Å². The Bertz CT molecular complexity index is 425. The summed E-state index contributed by atoms with van der Waals surface area (Å²) in [4.78, 5) is 11.9. The number of phenolic OH excluding ortho intramolecular Hbond substituents is 1. The van der Waals surface area contributed by atoms with Crippen molar-refractivity contribution < 1.29 is 15.0 Å². The lowest BCUT2D eigenvalue weighted by atomic mass is 9.82. The minimum Gasteiger partial charge on any atom is -0.506 e. The molecule has 0 heterocycles. The van der Waals surface area contributed by atoms with Gasteiger partial charge >= 0.3 is 0 Å². The van der Waals surface area contributed by atoms with Crippen molar-refractivity contribution in [3.63, 3.8) is 0 Å². The predicted octanol–water partition coefficient (Wildman–Crippen LogP) is 2.42. The average molecular weight is 249 g/mol. The Hall–Kier alpha value is -1.55. The van der Waals surface area contributed by atoms with E-state index in [0.29, 0.717) is 18.5 Å². The van der Waals surface area contributed by atoms with Crippen LogP contribution in [0, 0.1) is 0 Å². The fraction of sp³-hybridized carbons (Fsp3) is 0.500. The van der Waals surface area contributed by atoms with Crippen LogP contribution in [0.25, 0.3) is 0 Å². The molecule has 2 rings (SSSR count). The number of hydrogen-bond acceptors (Lipinski definition) is 3. The third-order valence-corrected chi connectivity index (χ3v) is 3.45. The summed E-state index contributed by atoms with van der Waals surface area (Å²) < 4.78 is 0. The van der Waals surface area contributed by atoms with Gasteiger partial charge in [0.15, 0.2) is 0 Å². The maximum absolute atomic E-state index is 11.9. The van der Waals surface area contributed by atoms with E-state index in [0.717, 1.165) is 19.3 Å². The predicted molar refractivity (Wildman–Crippen MR) is 69.4 cm³/mol. The van der Waals surface area contributed by atoms with Crippen LogP contribution in [0.1, 0.15) is 38.5 Å². The molecule has 0 saturated heterocycles. The largest absolute Gasteiger partial charge is 0.506 e. The van der Waals surface area contributed by atoms with Crippen molar-refractivity contribution in [2.75, 3.05) is 5.32 Å². The topological polar surface area (TPSA) is 69.6 Å². The summed E-state index contributed by atoms with van der Waals surface area (Å²) in [5, 5.41) is 22.5. The molecule has 98 valence electrons. The lowest BCUT2D eigenvalue weighted by molar-refractivity contribution is -0.122. The maximum atomic E-state index is 11.9. The molecule has 4 nitrogen and oxygen atoms in total. The zero-order valence-electron chi connectivity index (χ0n) is 10.4. The Morgan fingerprint density at radius 3 is 2.56 bits per heavy atom. The van der Waals surface area contributed by atoms with Gasteiger partial charge in [0, 0.05) is 0 Å². The average Bonchev–Trinajstić information content (AvgIpc) is 2.32. The van der Waals surface area contributed by atoms with Crippen LogP contribution in [0.3, 0.4) is 0 Å². The second-order valence-corrected chi connectivity index (χ2v) is 5.03. The van der Waals surface area contributed by atoms with Crippen LogP contribution in [0.4, 0.5) is 5.69 Å². The molecule has 0 bridgehead atoms. The third kappa shape index (κ3) is 3.23. The first-order valence-electron chi connectivity index (χ1n) is 6.39. The molecule has 0 atom stereocenters. The maximum Gasteiger partial charge on any atom is 0.227 e. The van der Waals surface area contributed by atoms with Gasteiger partial charge in [-0.05, 0) is 25.0 Å². The van der Waals surface area contributed by atoms with E-state index in [-0.39, 0.29) is 18.1 Å². The monoisotopic (exact) mass is 249 g/mol. The van der Waals surface area contributed by atoms with Crippen molar-refractivity contribution in [2.24, 2.45) is 0 Å². The minimum atomic E-state index is -0.868. The van der Waals surface area contributed by atoms with Crippen LogP contribution in [0.15, 0.2) is 24.3 Å². The summed E-state index contributed by atoms with van der Waals surface area (Å²) in [7, 11) is 0. The molecule has 1 saturated carbocycles. The van der Waals surface area contributed by atoms with Gasteiger partial charge in [0.25, 0.3) is 0 Å². The van der Waals surface area contributed by atoms with Gasteiger partial charge in [-0.25, -0.2) is 0 Å². The van der Waals surface area contributed by atoms with Crippen molar-refractivity contribution in [1.82, 2.24) is 0 Å². The Balaban J connectivity index is 1.94. The second kappa shape index (κ2) is 5.40. The number of phenols is 1. The molecule has 1 aliphatic rings. The van der Waals surface area contributed by atoms with Crippen LogP contribution in [-0.2, 0) is 4.79 Å². The number of anilines is 1. The van der Waals surface area contributed by atoms with E-state index in [4.69, 9.17) is 0 Å². The quantitative estimate of drug-likeness (QED) is 0.720. The highest BCUT2D eigenvalue weighted by atomic mass is 16.3. The third-order valence-electron chi connectivity index (χ3n) is 3.45. The Labute approximate surface area is 107 Å². The molecule has 0 aromatic heterocycles. The minimum absolute atomic E-state index is 0.0430. The molecule has 1 aliphatic carbocycles. The van der Waals surface area contributed by atoms with Crippen molar-refractivity contribution >= 4 is 11.6 Å². The Morgan fingerprint density at radius 2 is 1.89 bits per heavy atom. The number of carbonyl (C=O) groups excluding carboxylic acids is 1. The number of carbonyl (C=O) groups is 1. The number of nitrogens with one attached hydrogen (secondary N) is 1. The molecular formula is C14H19NO3. The second-order valence-electron chi connectivity index (χ2n) is 5.03. The van der Waals surface area contributed by atoms with Gasteiger partial charge in [0.05, 0.1) is 17.7 Å². The van der Waals surface area contributed by atoms with E-state index >= 15 is 0 Å². The van der Waals surface area contributed by atoms with Gasteiger partial charge in [0.2, 0.25) is 5.91 Å². The molecule has 1 aromatic carbocycles. The number of hydrogen-bond donors (Lipinski definition) is 3. The van der Waals surface area contributed by atoms with Crippen LogP contribution in [0.2, 0.25) is 0 Å². The number of rotatable bonds is 3. The van der Waals surface area contributed by atoms with Gasteiger partial charge in [-0.15, -0.1) is 0 Å². The highest BCUT2D eigenvalue weighted by molar-refractivity contribution is 5.92. The highest BCUT2D eigenvalue weighted by Gasteiger charge is 2.31. The van der Waals surface area contributed by atoms with Crippen molar-refractivity contribution in [1.29, 1.82) is 0 Å². The van der Waals surface area contributed by atoms with Crippen LogP contribution in [-0.4, -0.2) is 21.7 Å². The molecule has 0 unspecified atom stereocenters. The number of benzene rings is 1. The van der Waals surface area contributed by atoms with Crippen LogP contribution < -0.4 is 5.32 Å². The fourth-order valence-electron chi connectivity index (χ4n) is 2.46. The smallest absolute Gasteiger partial charge is 0.227 e. The van der Waals surface area contributed by atoms with Gasteiger partial charge < -0.3 is 15.5 Å². The standard InChI is InChI=1S/C14H19NO3/c16-12-7-3-2-6-11(12)15-13(17)10-14(18)8-4-1-5-9-14/h2-3,6-7,16,18H,1,4-5,8-10H2,(H,15,17). The summed E-state index contributed by atoms with van der Waals surface area (Å²) >= 11 is 0. The van der Waals surface area contributed by atoms with Crippen molar-refractivity contribution in [3.05, 3.63) is 24.3 Å². The van der Waals surface area contributed by atoms with Gasteiger partial charge in [-0.2, -0.15) is 0 Å². The molecule has 0 aliphatic heterocycles. The molecule has 1 amide bonds. The number of amides is 1. The summed E-state index contributed by atoms with van der Waals surface area (Å²) in [5.41, 5.74) is -0.478. The van der Waals surface area contributed by atoms with Crippen molar-refractivity contribution in [2.45, 2.75) is 44.1 Å². The summed E-state index contributed by atoms with van der Waals surface area (Å²) in [6.07, 6.45) is 4.54. The van der Waals surface area contributed by atoms with Crippen LogP contribution in [0.5, 0.6) is 5.75 Å². The highest BCUT2D eigenvalue weighted by Crippen LogP contribution is 2.31. The SMILES string of the molecule is O=C(CC1(O)CCCCC1)Nc1ccccc1O. The Morgan fingerprint density at radius 1 is 1.22 bits per heavy atom. The van der Waals surface area contributed by atoms with Gasteiger partial charge in [-0.3, -0.25) is 4.79 Å². The summed E-state index contributed by atoms with van der Waals surface area (Å²) in [5.74, 6) is -0.206. The first-order valence-corrected chi connectivity index (χ1v) is 6.39. The lowest BCUT2D eigenvalue weighted by Gasteiger charge is -2.31. The molecular weight excluding hydrogens is 230 g/mol. The first-order chi connectivity index (χ1) is 8.59. The molecule has 1 aromatic rings. The van der Waals surface area contributed by atoms with E-state index in [9.17, 15) is 15.0 Å². The first kappa shape index (κ1) is 12.9. The number of para-hydroxylation sites is 2.